The molecule has 4 saturated carbocycles. The van der Waals surface area contributed by atoms with Crippen LogP contribution in [-0.2, 0) is 0 Å². The Hall–Kier alpha value is -1.26. The Morgan fingerprint density at radius 1 is 0.622 bits per heavy atom. The predicted molar refractivity (Wildman–Crippen MR) is 159 cm³/mol. The highest BCUT2D eigenvalue weighted by Gasteiger charge is 2.42. The van der Waals surface area contributed by atoms with Crippen LogP contribution in [0.25, 0.3) is 0 Å². The molecule has 4 aliphatic rings. The summed E-state index contributed by atoms with van der Waals surface area (Å²) in [6.45, 7) is 8.92. The molecule has 5 nitrogen and oxygen atoms in total. The average Bonchev–Trinajstić information content (AvgIpc) is 2.91. The molecule has 4 aliphatic carbocycles. The van der Waals surface area contributed by atoms with E-state index in [0.717, 1.165) is 5.96 Å². The molecule has 5 heteroatoms. The van der Waals surface area contributed by atoms with E-state index in [-0.39, 0.29) is 6.04 Å². The lowest BCUT2D eigenvalue weighted by atomic mass is 9.88. The first kappa shape index (κ1) is 28.7. The molecule has 0 spiro atoms. The van der Waals surface area contributed by atoms with Gasteiger partial charge in [0.15, 0.2) is 0 Å². The van der Waals surface area contributed by atoms with Crippen molar-refractivity contribution in [1.29, 1.82) is 0 Å². The van der Waals surface area contributed by atoms with E-state index in [4.69, 9.17) is 4.99 Å². The number of hydrogen-bond acceptors (Lipinski definition) is 1. The molecule has 0 heterocycles. The van der Waals surface area contributed by atoms with Crippen molar-refractivity contribution < 1.29 is 4.58 Å². The maximum atomic E-state index is 5.12. The summed E-state index contributed by atoms with van der Waals surface area (Å²) in [4.78, 5) is 8.11. The highest BCUT2D eigenvalue weighted by Crippen LogP contribution is 2.33. The zero-order valence-corrected chi connectivity index (χ0v) is 24.9. The van der Waals surface area contributed by atoms with Crippen LogP contribution in [0.2, 0.25) is 0 Å². The predicted octanol–water partition coefficient (Wildman–Crippen LogP) is 7.34. The van der Waals surface area contributed by atoms with E-state index in [2.05, 4.69) is 47.8 Å². The van der Waals surface area contributed by atoms with Gasteiger partial charge in [-0.25, -0.2) is 10.3 Å². The normalized spacial score (nSPS) is 23.9. The standard InChI is InChI=1S/C32H59N5/c1-25(2)33-31(34-26(3)4)35-32(36(27-17-9-5-10-18-27)28-19-11-6-12-20-28)37(29-21-13-7-14-22-29)30-23-15-8-16-24-30/h25-30H,5-24H2,1-4H3,(H,33,34)/p+1. The van der Waals surface area contributed by atoms with E-state index in [1.807, 2.05) is 0 Å². The summed E-state index contributed by atoms with van der Waals surface area (Å²) in [5.41, 5.74) is 0. The fraction of sp³-hybridized carbons (Fsp3) is 0.938. The van der Waals surface area contributed by atoms with Gasteiger partial charge in [-0.1, -0.05) is 77.0 Å². The molecule has 2 N–H and O–H groups in total. The average molecular weight is 515 g/mol. The molecule has 0 bridgehead atoms. The fourth-order valence-electron chi connectivity index (χ4n) is 7.73. The summed E-state index contributed by atoms with van der Waals surface area (Å²) in [6, 6.07) is 3.33. The lowest BCUT2D eigenvalue weighted by Crippen LogP contribution is -2.62. The van der Waals surface area contributed by atoms with E-state index < -0.39 is 0 Å². The van der Waals surface area contributed by atoms with Crippen molar-refractivity contribution in [2.45, 2.75) is 192 Å². The van der Waals surface area contributed by atoms with E-state index in [1.165, 1.54) is 134 Å². The van der Waals surface area contributed by atoms with E-state index in [1.54, 1.807) is 0 Å². The van der Waals surface area contributed by atoms with Crippen LogP contribution >= 0.6 is 0 Å². The summed E-state index contributed by atoms with van der Waals surface area (Å²) in [7, 11) is 0. The van der Waals surface area contributed by atoms with Crippen LogP contribution in [0.1, 0.15) is 156 Å². The van der Waals surface area contributed by atoms with E-state index in [0.29, 0.717) is 30.2 Å². The summed E-state index contributed by atoms with van der Waals surface area (Å²) in [5.74, 6) is 2.44. The number of hydrogen-bond donors (Lipinski definition) is 2. The van der Waals surface area contributed by atoms with Crippen LogP contribution in [0, 0.1) is 0 Å². The molecule has 0 unspecified atom stereocenters. The highest BCUT2D eigenvalue weighted by atomic mass is 15.4. The molecule has 0 saturated heterocycles. The molecule has 4 fully saturated rings. The number of nitrogens with one attached hydrogen (secondary N) is 2. The van der Waals surface area contributed by atoms with Gasteiger partial charge in [-0.15, -0.1) is 0 Å². The van der Waals surface area contributed by atoms with Crippen molar-refractivity contribution in [3.63, 3.8) is 0 Å². The number of aliphatic imine (C=N–C) groups is 1. The maximum absolute atomic E-state index is 5.12. The minimum atomic E-state index is 0.269. The Balaban J connectivity index is 1.83. The SMILES string of the molecule is CC(C)N=C(NC(N(C1CCCCC1)C1CCCCC1)=[N+](C1CCCCC1)C1CCCCC1)NC(C)C. The molecule has 0 radical (unpaired) electrons. The van der Waals surface area contributed by atoms with Gasteiger partial charge in [0.25, 0.3) is 5.96 Å². The minimum absolute atomic E-state index is 0.269. The molecule has 4 rings (SSSR count). The first-order chi connectivity index (χ1) is 18.0. The van der Waals surface area contributed by atoms with Gasteiger partial charge < -0.3 is 5.32 Å². The third-order valence-corrected chi connectivity index (χ3v) is 9.40. The van der Waals surface area contributed by atoms with Crippen LogP contribution < -0.4 is 10.6 Å². The van der Waals surface area contributed by atoms with Crippen LogP contribution in [-0.4, -0.2) is 57.6 Å². The smallest absolute Gasteiger partial charge is 0.341 e. The van der Waals surface area contributed by atoms with Crippen molar-refractivity contribution in [1.82, 2.24) is 15.5 Å². The second-order valence-electron chi connectivity index (χ2n) is 13.3. The first-order valence-electron chi connectivity index (χ1n) is 16.6. The monoisotopic (exact) mass is 514 g/mol. The number of nitrogens with zero attached hydrogens (tertiary/aromatic N) is 3. The molecule has 37 heavy (non-hydrogen) atoms. The van der Waals surface area contributed by atoms with Gasteiger partial charge in [0.2, 0.25) is 0 Å². The minimum Gasteiger partial charge on any atom is -0.341 e. The molecule has 0 aromatic carbocycles. The molecule has 0 atom stereocenters. The second-order valence-corrected chi connectivity index (χ2v) is 13.3. The third-order valence-electron chi connectivity index (χ3n) is 9.40. The maximum Gasteiger partial charge on any atom is 0.356 e. The van der Waals surface area contributed by atoms with Gasteiger partial charge in [0.1, 0.15) is 0 Å². The first-order valence-corrected chi connectivity index (χ1v) is 16.6. The number of rotatable bonds is 6. The van der Waals surface area contributed by atoms with Crippen LogP contribution in [0.4, 0.5) is 0 Å². The number of guanidine groups is 2. The van der Waals surface area contributed by atoms with Gasteiger partial charge in [-0.05, 0) is 79.1 Å². The summed E-state index contributed by atoms with van der Waals surface area (Å²) < 4.78 is 2.99. The Kier molecular flexibility index (Phi) is 11.5. The Morgan fingerprint density at radius 3 is 1.41 bits per heavy atom. The molecule has 0 aromatic heterocycles. The topological polar surface area (TPSA) is 42.7 Å². The molecule has 0 amide bonds. The second kappa shape index (κ2) is 14.8. The molecule has 0 aromatic rings. The third kappa shape index (κ3) is 8.36. The zero-order valence-electron chi connectivity index (χ0n) is 24.9. The quantitative estimate of drug-likeness (QED) is 0.221. The largest absolute Gasteiger partial charge is 0.356 e. The van der Waals surface area contributed by atoms with Crippen molar-refractivity contribution in [2.24, 2.45) is 4.99 Å². The fourth-order valence-corrected chi connectivity index (χ4v) is 7.73. The van der Waals surface area contributed by atoms with E-state index >= 15 is 0 Å². The highest BCUT2D eigenvalue weighted by molar-refractivity contribution is 5.97. The molecular weight excluding hydrogens is 454 g/mol. The van der Waals surface area contributed by atoms with E-state index in [9.17, 15) is 0 Å². The van der Waals surface area contributed by atoms with Crippen LogP contribution in [0.15, 0.2) is 4.99 Å². The van der Waals surface area contributed by atoms with Gasteiger partial charge in [-0.3, -0.25) is 9.48 Å². The van der Waals surface area contributed by atoms with Gasteiger partial charge in [0, 0.05) is 12.1 Å². The Bertz CT molecular complexity index is 679. The lowest BCUT2D eigenvalue weighted by molar-refractivity contribution is -0.613. The molecule has 0 aliphatic heterocycles. The van der Waals surface area contributed by atoms with Gasteiger partial charge in [0.05, 0.1) is 24.2 Å². The van der Waals surface area contributed by atoms with Crippen molar-refractivity contribution in [2.75, 3.05) is 0 Å². The van der Waals surface area contributed by atoms with Crippen molar-refractivity contribution in [3.05, 3.63) is 0 Å². The Morgan fingerprint density at radius 2 is 1.03 bits per heavy atom. The lowest BCUT2D eigenvalue weighted by Gasteiger charge is -2.42. The van der Waals surface area contributed by atoms with Crippen LogP contribution in [0.3, 0.4) is 0 Å². The molecular formula is C32H60N5+. The summed E-state index contributed by atoms with van der Waals surface area (Å²) >= 11 is 0. The van der Waals surface area contributed by atoms with Crippen molar-refractivity contribution in [3.8, 4) is 0 Å². The van der Waals surface area contributed by atoms with Gasteiger partial charge in [-0.2, -0.15) is 0 Å². The Labute approximate surface area is 229 Å². The zero-order chi connectivity index (χ0) is 26.0. The van der Waals surface area contributed by atoms with Crippen molar-refractivity contribution >= 4 is 11.9 Å². The summed E-state index contributed by atoms with van der Waals surface area (Å²) in [5, 5.41) is 7.84. The summed E-state index contributed by atoms with van der Waals surface area (Å²) in [6.07, 6.45) is 27.7. The van der Waals surface area contributed by atoms with Crippen LogP contribution in [0.5, 0.6) is 0 Å². The molecule has 212 valence electrons. The van der Waals surface area contributed by atoms with Gasteiger partial charge >= 0.3 is 5.96 Å².